The average Bonchev–Trinajstić information content (AvgIpc) is 3.14. The molecule has 4 rings (SSSR count). The van der Waals surface area contributed by atoms with E-state index >= 15 is 0 Å². The fourth-order valence-electron chi connectivity index (χ4n) is 4.90. The van der Waals surface area contributed by atoms with Gasteiger partial charge in [-0.2, -0.15) is 5.26 Å². The zero-order valence-corrected chi connectivity index (χ0v) is 18.0. The highest BCUT2D eigenvalue weighted by molar-refractivity contribution is 6.35. The van der Waals surface area contributed by atoms with Crippen molar-refractivity contribution in [2.75, 3.05) is 6.54 Å². The van der Waals surface area contributed by atoms with Crippen LogP contribution >= 0.6 is 23.2 Å². The Kier molecular flexibility index (Phi) is 5.50. The molecular formula is C23H19Cl2N3O3. The molecule has 2 aromatic carbocycles. The molecule has 2 heterocycles. The maximum Gasteiger partial charge on any atom is 0.238 e. The number of carbonyl (C=O) groups excluding carboxylic acids is 3. The maximum atomic E-state index is 13.8. The second-order valence-electron chi connectivity index (χ2n) is 8.21. The van der Waals surface area contributed by atoms with E-state index in [1.165, 1.54) is 0 Å². The van der Waals surface area contributed by atoms with E-state index in [-0.39, 0.29) is 30.6 Å². The number of amides is 2. The van der Waals surface area contributed by atoms with E-state index in [2.05, 4.69) is 6.07 Å². The monoisotopic (exact) mass is 455 g/mol. The van der Waals surface area contributed by atoms with Crippen LogP contribution in [0, 0.1) is 17.2 Å². The predicted octanol–water partition coefficient (Wildman–Crippen LogP) is 3.24. The number of nitrogens with zero attached hydrogens (tertiary/aromatic N) is 2. The van der Waals surface area contributed by atoms with E-state index in [1.54, 1.807) is 47.4 Å². The number of fused-ring (bicyclic) bond motifs is 1. The molecule has 0 aromatic heterocycles. The highest BCUT2D eigenvalue weighted by atomic mass is 35.5. The highest BCUT2D eigenvalue weighted by Gasteiger charge is 2.62. The first-order valence-corrected chi connectivity index (χ1v) is 10.6. The molecule has 2 fully saturated rings. The summed E-state index contributed by atoms with van der Waals surface area (Å²) in [4.78, 5) is 40.3. The molecule has 3 atom stereocenters. The van der Waals surface area contributed by atoms with Crippen molar-refractivity contribution in [3.8, 4) is 6.07 Å². The number of ketones is 1. The van der Waals surface area contributed by atoms with E-state index in [1.807, 2.05) is 0 Å². The number of hydrogen-bond acceptors (Lipinski definition) is 4. The second-order valence-corrected chi connectivity index (χ2v) is 9.08. The zero-order valence-electron chi connectivity index (χ0n) is 16.5. The van der Waals surface area contributed by atoms with Crippen molar-refractivity contribution < 1.29 is 14.4 Å². The summed E-state index contributed by atoms with van der Waals surface area (Å²) in [5.74, 6) is -2.19. The van der Waals surface area contributed by atoms with Crippen LogP contribution in [0.15, 0.2) is 42.5 Å². The molecule has 31 heavy (non-hydrogen) atoms. The van der Waals surface area contributed by atoms with Crippen molar-refractivity contribution in [3.05, 3.63) is 69.2 Å². The van der Waals surface area contributed by atoms with Gasteiger partial charge in [0.2, 0.25) is 11.8 Å². The number of nitriles is 1. The Morgan fingerprint density at radius 3 is 2.39 bits per heavy atom. The van der Waals surface area contributed by atoms with Gasteiger partial charge in [0.15, 0.2) is 5.78 Å². The second kappa shape index (κ2) is 7.99. The van der Waals surface area contributed by atoms with Crippen molar-refractivity contribution in [2.45, 2.75) is 30.7 Å². The Labute approximate surface area is 189 Å². The quantitative estimate of drug-likeness (QED) is 0.698. The molecular weight excluding hydrogens is 437 g/mol. The summed E-state index contributed by atoms with van der Waals surface area (Å²) in [7, 11) is 0. The van der Waals surface area contributed by atoms with E-state index in [4.69, 9.17) is 34.2 Å². The third-order valence-electron chi connectivity index (χ3n) is 6.11. The van der Waals surface area contributed by atoms with E-state index < -0.39 is 17.4 Å². The number of Topliss-reactive ketones (excluding diaryl/α,β-unsaturated/α-hetero) is 1. The number of halogens is 2. The van der Waals surface area contributed by atoms with E-state index in [0.717, 1.165) is 5.56 Å². The number of rotatable bonds is 5. The number of benzene rings is 2. The number of hydrogen-bond donors (Lipinski definition) is 1. The lowest BCUT2D eigenvalue weighted by molar-refractivity contribution is -0.131. The van der Waals surface area contributed by atoms with Crippen LogP contribution in [0.5, 0.6) is 0 Å². The van der Waals surface area contributed by atoms with Gasteiger partial charge in [0.05, 0.1) is 11.6 Å². The van der Waals surface area contributed by atoms with Crippen LogP contribution < -0.4 is 5.73 Å². The molecule has 2 aliphatic heterocycles. The summed E-state index contributed by atoms with van der Waals surface area (Å²) >= 11 is 12.2. The van der Waals surface area contributed by atoms with Gasteiger partial charge in [0, 0.05) is 29.4 Å². The largest absolute Gasteiger partial charge is 0.370 e. The van der Waals surface area contributed by atoms with Crippen molar-refractivity contribution >= 4 is 40.8 Å². The van der Waals surface area contributed by atoms with Crippen LogP contribution in [0.3, 0.4) is 0 Å². The molecule has 6 nitrogen and oxygen atoms in total. The maximum absolute atomic E-state index is 13.8. The van der Waals surface area contributed by atoms with Gasteiger partial charge in [0.1, 0.15) is 11.5 Å². The number of carbonyl (C=O) groups is 3. The van der Waals surface area contributed by atoms with Crippen LogP contribution in [0.1, 0.15) is 35.4 Å². The molecule has 0 saturated carbocycles. The third kappa shape index (κ3) is 3.80. The van der Waals surface area contributed by atoms with Crippen LogP contribution in [0.25, 0.3) is 0 Å². The Hall–Kier alpha value is -2.88. The summed E-state index contributed by atoms with van der Waals surface area (Å²) in [5.41, 5.74) is 6.11. The highest BCUT2D eigenvalue weighted by Crippen LogP contribution is 2.48. The lowest BCUT2D eigenvalue weighted by Crippen LogP contribution is -2.46. The van der Waals surface area contributed by atoms with Crippen molar-refractivity contribution in [1.82, 2.24) is 4.90 Å². The summed E-state index contributed by atoms with van der Waals surface area (Å²) in [6.45, 7) is 0.286. The number of primary amides is 1. The Balaban J connectivity index is 1.74. The zero-order chi connectivity index (χ0) is 22.3. The summed E-state index contributed by atoms with van der Waals surface area (Å²) in [6, 6.07) is 13.7. The molecule has 158 valence electrons. The normalized spacial score (nSPS) is 24.9. The summed E-state index contributed by atoms with van der Waals surface area (Å²) in [6.07, 6.45) is 0.758. The molecule has 2 aliphatic rings. The minimum atomic E-state index is -1.08. The first kappa shape index (κ1) is 21.4. The fourth-order valence-corrected chi connectivity index (χ4v) is 5.45. The summed E-state index contributed by atoms with van der Waals surface area (Å²) in [5, 5.41) is 9.74. The number of nitrogens with two attached hydrogens (primary N) is 1. The van der Waals surface area contributed by atoms with E-state index in [0.29, 0.717) is 34.0 Å². The van der Waals surface area contributed by atoms with Crippen LogP contribution in [-0.2, 0) is 20.8 Å². The lowest BCUT2D eigenvalue weighted by Gasteiger charge is -2.30. The molecule has 2 amide bonds. The minimum Gasteiger partial charge on any atom is -0.370 e. The van der Waals surface area contributed by atoms with Gasteiger partial charge in [0.25, 0.3) is 0 Å². The standard InChI is InChI=1S/C23H19Cl2N3O3/c24-17-6-16(7-18(25)8-17)20-21(30)23(9-13-1-3-14(11-26)4-2-13)10-15(5-19(27)29)12-28(23)22(20)31/h1-4,6-8,15,20H,5,9-10,12H2,(H2,27,29)/t15-,20?,23-/m1/s1. The minimum absolute atomic E-state index is 0.111. The Morgan fingerprint density at radius 2 is 1.81 bits per heavy atom. The van der Waals surface area contributed by atoms with Gasteiger partial charge in [-0.15, -0.1) is 0 Å². The average molecular weight is 456 g/mol. The van der Waals surface area contributed by atoms with Gasteiger partial charge in [-0.3, -0.25) is 14.4 Å². The molecule has 0 spiro atoms. The summed E-state index contributed by atoms with van der Waals surface area (Å²) < 4.78 is 0. The smallest absolute Gasteiger partial charge is 0.238 e. The SMILES string of the molecule is N#Cc1ccc(C[C@]23C[C@@H](CC(N)=O)CN2C(=O)C(c2cc(Cl)cc(Cl)c2)C3=O)cc1. The fraction of sp³-hybridized carbons (Fsp3) is 0.304. The van der Waals surface area contributed by atoms with Crippen molar-refractivity contribution in [1.29, 1.82) is 5.26 Å². The topological polar surface area (TPSA) is 104 Å². The van der Waals surface area contributed by atoms with E-state index in [9.17, 15) is 14.4 Å². The first-order chi connectivity index (χ1) is 14.7. The predicted molar refractivity (Wildman–Crippen MR) is 115 cm³/mol. The van der Waals surface area contributed by atoms with Gasteiger partial charge >= 0.3 is 0 Å². The van der Waals surface area contributed by atoms with Gasteiger partial charge in [-0.25, -0.2) is 0 Å². The molecule has 2 aromatic rings. The molecule has 2 saturated heterocycles. The van der Waals surface area contributed by atoms with Crippen LogP contribution in [0.2, 0.25) is 10.0 Å². The molecule has 2 N–H and O–H groups in total. The van der Waals surface area contributed by atoms with Crippen molar-refractivity contribution in [2.24, 2.45) is 11.7 Å². The van der Waals surface area contributed by atoms with Crippen LogP contribution in [-0.4, -0.2) is 34.6 Å². The molecule has 1 unspecified atom stereocenters. The molecule has 0 bridgehead atoms. The Morgan fingerprint density at radius 1 is 1.16 bits per heavy atom. The molecule has 8 heteroatoms. The first-order valence-electron chi connectivity index (χ1n) is 9.82. The third-order valence-corrected chi connectivity index (χ3v) is 6.54. The van der Waals surface area contributed by atoms with Gasteiger partial charge < -0.3 is 10.6 Å². The van der Waals surface area contributed by atoms with Gasteiger partial charge in [-0.1, -0.05) is 35.3 Å². The van der Waals surface area contributed by atoms with Crippen molar-refractivity contribution in [3.63, 3.8) is 0 Å². The van der Waals surface area contributed by atoms with Gasteiger partial charge in [-0.05, 0) is 53.8 Å². The Bertz CT molecular complexity index is 1110. The molecule has 0 aliphatic carbocycles. The lowest BCUT2D eigenvalue weighted by atomic mass is 9.78. The van der Waals surface area contributed by atoms with Crippen LogP contribution in [0.4, 0.5) is 0 Å². The molecule has 0 radical (unpaired) electrons.